The van der Waals surface area contributed by atoms with Gasteiger partial charge in [-0.15, -0.1) is 0 Å². The number of nitrogens with one attached hydrogen (secondary N) is 2. The third kappa shape index (κ3) is 5.37. The fourth-order valence-electron chi connectivity index (χ4n) is 4.09. The van der Waals surface area contributed by atoms with Crippen LogP contribution in [0.1, 0.15) is 36.9 Å². The second-order valence-corrected chi connectivity index (χ2v) is 10.5. The summed E-state index contributed by atoms with van der Waals surface area (Å²) in [5.41, 5.74) is 2.52. The van der Waals surface area contributed by atoms with E-state index in [2.05, 4.69) is 86.7 Å². The molecule has 3 unspecified atom stereocenters. The predicted octanol–water partition coefficient (Wildman–Crippen LogP) is 4.15. The Hall–Kier alpha value is -1.57. The summed E-state index contributed by atoms with van der Waals surface area (Å²) in [5, 5.41) is 7.31. The molecule has 1 aromatic rings. The molecule has 1 aromatic carbocycles. The highest BCUT2D eigenvalue weighted by Crippen LogP contribution is 2.30. The summed E-state index contributed by atoms with van der Waals surface area (Å²) >= 11 is 3.65. The first-order valence-electron chi connectivity index (χ1n) is 10.6. The zero-order valence-electron chi connectivity index (χ0n) is 18.2. The van der Waals surface area contributed by atoms with Crippen LogP contribution >= 0.6 is 15.9 Å². The van der Waals surface area contributed by atoms with Gasteiger partial charge in [0.2, 0.25) is 0 Å². The number of hydrogen-bond acceptors (Lipinski definition) is 4. The molecule has 0 aromatic heterocycles. The van der Waals surface area contributed by atoms with E-state index in [4.69, 9.17) is 0 Å². The number of halogens is 1. The minimum atomic E-state index is -0.850. The molecule has 2 N–H and O–H groups in total. The summed E-state index contributed by atoms with van der Waals surface area (Å²) in [6, 6.07) is 8.54. The molecule has 5 nitrogen and oxygen atoms in total. The SMILES string of the molecule is C=C/C(Br)=C1/NC(c2ccccc2C)C=C(NCC2CCCN(S(=O)CC)C2)N1C. The molecular formula is C23H33BrN4OS. The van der Waals surface area contributed by atoms with Crippen LogP contribution in [0, 0.1) is 12.8 Å². The van der Waals surface area contributed by atoms with Crippen molar-refractivity contribution in [2.75, 3.05) is 32.4 Å². The van der Waals surface area contributed by atoms with Crippen molar-refractivity contribution in [1.29, 1.82) is 0 Å². The third-order valence-corrected chi connectivity index (χ3v) is 7.93. The number of hydrogen-bond donors (Lipinski definition) is 2. The molecule has 0 amide bonds. The van der Waals surface area contributed by atoms with Gasteiger partial charge in [-0.2, -0.15) is 0 Å². The quantitative estimate of drug-likeness (QED) is 0.600. The lowest BCUT2D eigenvalue weighted by molar-refractivity contribution is 0.265. The highest BCUT2D eigenvalue weighted by Gasteiger charge is 2.27. The smallest absolute Gasteiger partial charge is 0.122 e. The molecule has 0 saturated carbocycles. The van der Waals surface area contributed by atoms with E-state index in [9.17, 15) is 4.21 Å². The first kappa shape index (κ1) is 23.1. The number of benzene rings is 1. The lowest BCUT2D eigenvalue weighted by Crippen LogP contribution is -2.44. The molecule has 2 aliphatic rings. The van der Waals surface area contributed by atoms with Gasteiger partial charge in [0, 0.05) is 32.4 Å². The maximum Gasteiger partial charge on any atom is 0.122 e. The average molecular weight is 494 g/mol. The van der Waals surface area contributed by atoms with Crippen molar-refractivity contribution in [3.8, 4) is 0 Å². The van der Waals surface area contributed by atoms with Crippen molar-refractivity contribution < 1.29 is 4.21 Å². The minimum absolute atomic E-state index is 0.0721. The normalized spacial score (nSPS) is 25.2. The summed E-state index contributed by atoms with van der Waals surface area (Å²) in [6.45, 7) is 10.8. The van der Waals surface area contributed by atoms with Crippen LogP contribution in [-0.4, -0.2) is 45.8 Å². The number of nitrogens with zero attached hydrogens (tertiary/aromatic N) is 2. The van der Waals surface area contributed by atoms with Gasteiger partial charge in [-0.1, -0.05) is 43.8 Å². The van der Waals surface area contributed by atoms with E-state index < -0.39 is 11.0 Å². The predicted molar refractivity (Wildman–Crippen MR) is 130 cm³/mol. The van der Waals surface area contributed by atoms with E-state index in [0.29, 0.717) is 11.7 Å². The van der Waals surface area contributed by atoms with Crippen LogP contribution in [0.15, 0.2) is 59.1 Å². The fourth-order valence-corrected chi connectivity index (χ4v) is 5.55. The average Bonchev–Trinajstić information content (AvgIpc) is 2.78. The lowest BCUT2D eigenvalue weighted by atomic mass is 9.98. The zero-order chi connectivity index (χ0) is 21.7. The standard InChI is InChI=1S/C23H33BrN4OS/c1-5-20(24)23-26-21(19-12-8-7-10-17(19)3)14-22(27(23)4)25-15-18-11-9-13-28(16-18)30(29)6-2/h5,7-8,10,12,14,18,21,25-26H,1,6,9,11,13,15-16H2,2-4H3/b23-20+. The van der Waals surface area contributed by atoms with E-state index in [1.807, 2.05) is 13.0 Å². The Bertz CT molecular complexity index is 853. The molecule has 3 atom stereocenters. The first-order chi connectivity index (χ1) is 14.4. The van der Waals surface area contributed by atoms with Crippen LogP contribution in [-0.2, 0) is 11.0 Å². The molecule has 0 aliphatic carbocycles. The van der Waals surface area contributed by atoms with Gasteiger partial charge in [0.1, 0.15) is 11.6 Å². The van der Waals surface area contributed by atoms with Crippen LogP contribution in [0.4, 0.5) is 0 Å². The van der Waals surface area contributed by atoms with Gasteiger partial charge in [0.15, 0.2) is 0 Å². The molecule has 2 heterocycles. The summed E-state index contributed by atoms with van der Waals surface area (Å²) in [5.74, 6) is 3.25. The van der Waals surface area contributed by atoms with Crippen molar-refractivity contribution in [2.24, 2.45) is 5.92 Å². The Labute approximate surface area is 192 Å². The lowest BCUT2D eigenvalue weighted by Gasteiger charge is -2.38. The van der Waals surface area contributed by atoms with E-state index in [1.165, 1.54) is 17.5 Å². The van der Waals surface area contributed by atoms with Crippen molar-refractivity contribution in [1.82, 2.24) is 19.8 Å². The second-order valence-electron chi connectivity index (χ2n) is 7.88. The molecule has 0 bridgehead atoms. The molecular weight excluding hydrogens is 460 g/mol. The van der Waals surface area contributed by atoms with Gasteiger partial charge in [-0.3, -0.25) is 0 Å². The van der Waals surface area contributed by atoms with Crippen molar-refractivity contribution in [3.05, 3.63) is 70.2 Å². The van der Waals surface area contributed by atoms with E-state index >= 15 is 0 Å². The monoisotopic (exact) mass is 492 g/mol. The number of piperidine rings is 1. The fraction of sp³-hybridized carbons (Fsp3) is 0.478. The van der Waals surface area contributed by atoms with Gasteiger partial charge in [-0.05, 0) is 58.8 Å². The van der Waals surface area contributed by atoms with Crippen LogP contribution in [0.5, 0.6) is 0 Å². The number of allylic oxidation sites excluding steroid dienone is 2. The minimum Gasteiger partial charge on any atom is -0.371 e. The van der Waals surface area contributed by atoms with Crippen LogP contribution < -0.4 is 10.6 Å². The molecule has 7 heteroatoms. The molecule has 0 spiro atoms. The molecule has 164 valence electrons. The third-order valence-electron chi connectivity index (χ3n) is 5.83. The summed E-state index contributed by atoms with van der Waals surface area (Å²) in [6.07, 6.45) is 6.34. The van der Waals surface area contributed by atoms with Crippen molar-refractivity contribution in [3.63, 3.8) is 0 Å². The summed E-state index contributed by atoms with van der Waals surface area (Å²) in [7, 11) is 1.20. The summed E-state index contributed by atoms with van der Waals surface area (Å²) in [4.78, 5) is 2.13. The maximum absolute atomic E-state index is 12.2. The second kappa shape index (κ2) is 10.6. The maximum atomic E-state index is 12.2. The largest absolute Gasteiger partial charge is 0.371 e. The molecule has 3 rings (SSSR count). The molecule has 1 fully saturated rings. The Morgan fingerprint density at radius 1 is 1.43 bits per heavy atom. The van der Waals surface area contributed by atoms with Crippen LogP contribution in [0.3, 0.4) is 0 Å². The van der Waals surface area contributed by atoms with Crippen molar-refractivity contribution in [2.45, 2.75) is 32.7 Å². The Balaban J connectivity index is 1.79. The molecule has 30 heavy (non-hydrogen) atoms. The van der Waals surface area contributed by atoms with Crippen LogP contribution in [0.2, 0.25) is 0 Å². The molecule has 0 radical (unpaired) electrons. The Morgan fingerprint density at radius 2 is 2.20 bits per heavy atom. The van der Waals surface area contributed by atoms with E-state index in [-0.39, 0.29) is 6.04 Å². The first-order valence-corrected chi connectivity index (χ1v) is 12.7. The topological polar surface area (TPSA) is 47.6 Å². The number of rotatable bonds is 7. The van der Waals surface area contributed by atoms with Gasteiger partial charge < -0.3 is 15.5 Å². The van der Waals surface area contributed by atoms with Crippen molar-refractivity contribution >= 4 is 26.9 Å². The van der Waals surface area contributed by atoms with Gasteiger partial charge in [0.25, 0.3) is 0 Å². The molecule has 1 saturated heterocycles. The Kier molecular flexibility index (Phi) is 8.20. The number of aryl methyl sites for hydroxylation is 1. The summed E-state index contributed by atoms with van der Waals surface area (Å²) < 4.78 is 15.3. The highest BCUT2D eigenvalue weighted by atomic mass is 79.9. The van der Waals surface area contributed by atoms with E-state index in [1.54, 1.807) is 0 Å². The highest BCUT2D eigenvalue weighted by molar-refractivity contribution is 9.11. The van der Waals surface area contributed by atoms with E-state index in [0.717, 1.165) is 42.2 Å². The van der Waals surface area contributed by atoms with Gasteiger partial charge in [-0.25, -0.2) is 8.51 Å². The van der Waals surface area contributed by atoms with Gasteiger partial charge in [0.05, 0.1) is 21.5 Å². The zero-order valence-corrected chi connectivity index (χ0v) is 20.6. The molecule has 2 aliphatic heterocycles. The van der Waals surface area contributed by atoms with Crippen LogP contribution in [0.25, 0.3) is 0 Å². The Morgan fingerprint density at radius 3 is 2.90 bits per heavy atom. The van der Waals surface area contributed by atoms with Gasteiger partial charge >= 0.3 is 0 Å².